The van der Waals surface area contributed by atoms with E-state index in [1.54, 1.807) is 7.11 Å². The lowest BCUT2D eigenvalue weighted by Crippen LogP contribution is -2.47. The first-order valence-corrected chi connectivity index (χ1v) is 11.6. The number of nitrogens with one attached hydrogen (secondary N) is 1. The Balaban J connectivity index is 1.55. The maximum absolute atomic E-state index is 13.3. The lowest BCUT2D eigenvalue weighted by atomic mass is 9.88. The molecule has 6 nitrogen and oxygen atoms in total. The summed E-state index contributed by atoms with van der Waals surface area (Å²) in [6, 6.07) is 18.1. The van der Waals surface area contributed by atoms with E-state index in [0.29, 0.717) is 5.56 Å². The molecule has 2 heterocycles. The van der Waals surface area contributed by atoms with Crippen LogP contribution in [0, 0.1) is 5.41 Å². The molecule has 174 valence electrons. The Bertz CT molecular complexity index is 1110. The highest BCUT2D eigenvalue weighted by Gasteiger charge is 2.25. The van der Waals surface area contributed by atoms with Gasteiger partial charge in [0.05, 0.1) is 18.2 Å². The molecule has 1 unspecified atom stereocenters. The van der Waals surface area contributed by atoms with E-state index in [1.807, 2.05) is 42.5 Å². The third kappa shape index (κ3) is 5.05. The molecule has 1 saturated heterocycles. The number of hydrogen-bond acceptors (Lipinski definition) is 5. The number of ether oxygens (including phenoxy) is 1. The number of piperazine rings is 1. The SMILES string of the molecule is COc1ccc(N2CCN(c3cc(C(=O)NC(C)C(C)(C)C)c4ccccc4n3)CC2)cc1. The van der Waals surface area contributed by atoms with E-state index >= 15 is 0 Å². The third-order valence-corrected chi connectivity index (χ3v) is 6.64. The van der Waals surface area contributed by atoms with Crippen molar-refractivity contribution in [1.29, 1.82) is 0 Å². The summed E-state index contributed by atoms with van der Waals surface area (Å²) in [7, 11) is 1.68. The summed E-state index contributed by atoms with van der Waals surface area (Å²) >= 11 is 0. The fourth-order valence-electron chi connectivity index (χ4n) is 3.99. The Labute approximate surface area is 196 Å². The zero-order valence-electron chi connectivity index (χ0n) is 20.3. The van der Waals surface area contributed by atoms with Crippen LogP contribution in [0.25, 0.3) is 10.9 Å². The highest BCUT2D eigenvalue weighted by molar-refractivity contribution is 6.07. The first kappa shape index (κ1) is 22.9. The smallest absolute Gasteiger partial charge is 0.252 e. The van der Waals surface area contributed by atoms with Crippen LogP contribution in [0.4, 0.5) is 11.5 Å². The molecular formula is C27H34N4O2. The zero-order valence-corrected chi connectivity index (χ0v) is 20.3. The Morgan fingerprint density at radius 2 is 1.64 bits per heavy atom. The molecule has 1 aliphatic heterocycles. The molecule has 6 heteroatoms. The largest absolute Gasteiger partial charge is 0.497 e. The van der Waals surface area contributed by atoms with Crippen molar-refractivity contribution in [2.45, 2.75) is 33.7 Å². The normalized spacial score (nSPS) is 15.4. The van der Waals surface area contributed by atoms with E-state index < -0.39 is 0 Å². The number of amides is 1. The molecule has 1 aliphatic rings. The van der Waals surface area contributed by atoms with Gasteiger partial charge in [-0.05, 0) is 48.7 Å². The number of methoxy groups -OCH3 is 1. The van der Waals surface area contributed by atoms with Crippen LogP contribution in [-0.4, -0.2) is 50.2 Å². The predicted molar refractivity (Wildman–Crippen MR) is 136 cm³/mol. The van der Waals surface area contributed by atoms with Crippen molar-refractivity contribution < 1.29 is 9.53 Å². The van der Waals surface area contributed by atoms with Gasteiger partial charge in [0.2, 0.25) is 0 Å². The first-order chi connectivity index (χ1) is 15.8. The van der Waals surface area contributed by atoms with Crippen LogP contribution in [0.3, 0.4) is 0 Å². The summed E-state index contributed by atoms with van der Waals surface area (Å²) in [5.41, 5.74) is 2.71. The number of rotatable bonds is 5. The van der Waals surface area contributed by atoms with Crippen LogP contribution < -0.4 is 19.9 Å². The van der Waals surface area contributed by atoms with Crippen LogP contribution in [0.5, 0.6) is 5.75 Å². The molecule has 0 saturated carbocycles. The average molecular weight is 447 g/mol. The number of benzene rings is 2. The van der Waals surface area contributed by atoms with Gasteiger partial charge in [0.15, 0.2) is 0 Å². The van der Waals surface area contributed by atoms with Gasteiger partial charge in [0, 0.05) is 43.3 Å². The summed E-state index contributed by atoms with van der Waals surface area (Å²) in [5, 5.41) is 4.08. The van der Waals surface area contributed by atoms with E-state index in [1.165, 1.54) is 5.69 Å². The third-order valence-electron chi connectivity index (χ3n) is 6.64. The summed E-state index contributed by atoms with van der Waals surface area (Å²) in [6.45, 7) is 11.9. The van der Waals surface area contributed by atoms with Gasteiger partial charge in [-0.25, -0.2) is 4.98 Å². The van der Waals surface area contributed by atoms with E-state index in [0.717, 1.165) is 48.6 Å². The molecule has 3 aromatic rings. The molecule has 33 heavy (non-hydrogen) atoms. The van der Waals surface area contributed by atoms with Crippen molar-refractivity contribution in [3.05, 3.63) is 60.2 Å². The van der Waals surface area contributed by atoms with Gasteiger partial charge in [0.25, 0.3) is 5.91 Å². The minimum Gasteiger partial charge on any atom is -0.497 e. The molecule has 0 radical (unpaired) electrons. The summed E-state index contributed by atoms with van der Waals surface area (Å²) < 4.78 is 5.27. The van der Waals surface area contributed by atoms with Crippen molar-refractivity contribution in [2.75, 3.05) is 43.1 Å². The summed E-state index contributed by atoms with van der Waals surface area (Å²) in [4.78, 5) is 22.8. The van der Waals surface area contributed by atoms with Crippen molar-refractivity contribution in [1.82, 2.24) is 10.3 Å². The van der Waals surface area contributed by atoms with E-state index in [-0.39, 0.29) is 17.4 Å². The highest BCUT2D eigenvalue weighted by Crippen LogP contribution is 2.27. The van der Waals surface area contributed by atoms with Crippen molar-refractivity contribution >= 4 is 28.3 Å². The quantitative estimate of drug-likeness (QED) is 0.614. The van der Waals surface area contributed by atoms with Gasteiger partial charge >= 0.3 is 0 Å². The van der Waals surface area contributed by atoms with E-state index in [4.69, 9.17) is 9.72 Å². The Hall–Kier alpha value is -3.28. The number of carbonyl (C=O) groups excluding carboxylic acids is 1. The number of hydrogen-bond donors (Lipinski definition) is 1. The first-order valence-electron chi connectivity index (χ1n) is 11.6. The molecule has 0 bridgehead atoms. The van der Waals surface area contributed by atoms with Gasteiger partial charge in [-0.15, -0.1) is 0 Å². The summed E-state index contributed by atoms with van der Waals surface area (Å²) in [6.07, 6.45) is 0. The number of para-hydroxylation sites is 1. The van der Waals surface area contributed by atoms with Crippen LogP contribution in [0.1, 0.15) is 38.1 Å². The fourth-order valence-corrected chi connectivity index (χ4v) is 3.99. The van der Waals surface area contributed by atoms with E-state index in [9.17, 15) is 4.79 Å². The van der Waals surface area contributed by atoms with Crippen LogP contribution in [0.15, 0.2) is 54.6 Å². The number of anilines is 2. The molecule has 0 aliphatic carbocycles. The second kappa shape index (κ2) is 9.30. The minimum atomic E-state index is -0.0471. The van der Waals surface area contributed by atoms with Crippen molar-refractivity contribution in [2.24, 2.45) is 5.41 Å². The predicted octanol–water partition coefficient (Wildman–Crippen LogP) is 4.73. The Morgan fingerprint density at radius 3 is 2.27 bits per heavy atom. The van der Waals surface area contributed by atoms with Crippen molar-refractivity contribution in [3.63, 3.8) is 0 Å². The number of nitrogens with zero attached hydrogens (tertiary/aromatic N) is 3. The molecule has 1 atom stereocenters. The highest BCUT2D eigenvalue weighted by atomic mass is 16.5. The molecule has 0 spiro atoms. The topological polar surface area (TPSA) is 57.7 Å². The van der Waals surface area contributed by atoms with Gasteiger partial charge < -0.3 is 19.9 Å². The summed E-state index contributed by atoms with van der Waals surface area (Å²) in [5.74, 6) is 1.68. The molecule has 1 amide bonds. The second-order valence-corrected chi connectivity index (χ2v) is 9.78. The monoisotopic (exact) mass is 446 g/mol. The van der Waals surface area contributed by atoms with Gasteiger partial charge in [0.1, 0.15) is 11.6 Å². The zero-order chi connectivity index (χ0) is 23.6. The van der Waals surface area contributed by atoms with Gasteiger partial charge in [-0.1, -0.05) is 39.0 Å². The maximum atomic E-state index is 13.3. The lowest BCUT2D eigenvalue weighted by Gasteiger charge is -2.37. The van der Waals surface area contributed by atoms with Gasteiger partial charge in [-0.3, -0.25) is 4.79 Å². The van der Waals surface area contributed by atoms with Crippen LogP contribution >= 0.6 is 0 Å². The number of aromatic nitrogens is 1. The Morgan fingerprint density at radius 1 is 1.00 bits per heavy atom. The fraction of sp³-hybridized carbons (Fsp3) is 0.407. The van der Waals surface area contributed by atoms with Crippen LogP contribution in [-0.2, 0) is 0 Å². The molecule has 1 N–H and O–H groups in total. The number of fused-ring (bicyclic) bond motifs is 1. The minimum absolute atomic E-state index is 0.0148. The lowest BCUT2D eigenvalue weighted by molar-refractivity contribution is 0.0912. The number of carbonyl (C=O) groups is 1. The molecule has 1 aromatic heterocycles. The van der Waals surface area contributed by atoms with E-state index in [2.05, 4.69) is 54.9 Å². The van der Waals surface area contributed by atoms with Crippen LogP contribution in [0.2, 0.25) is 0 Å². The number of pyridine rings is 1. The maximum Gasteiger partial charge on any atom is 0.252 e. The average Bonchev–Trinajstić information content (AvgIpc) is 2.83. The molecule has 4 rings (SSSR count). The van der Waals surface area contributed by atoms with Gasteiger partial charge in [-0.2, -0.15) is 0 Å². The molecular weight excluding hydrogens is 412 g/mol. The standard InChI is InChI=1S/C27H34N4O2/c1-19(27(2,3)4)28-26(32)23-18-25(29-24-9-7-6-8-22(23)24)31-16-14-30(15-17-31)20-10-12-21(33-5)13-11-20/h6-13,18-19H,14-17H2,1-5H3,(H,28,32). The molecule has 1 fully saturated rings. The Kier molecular flexibility index (Phi) is 6.45. The van der Waals surface area contributed by atoms with Crippen molar-refractivity contribution in [3.8, 4) is 5.75 Å². The second-order valence-electron chi connectivity index (χ2n) is 9.78. The molecule has 2 aromatic carbocycles.